The van der Waals surface area contributed by atoms with Crippen LogP contribution in [0.2, 0.25) is 5.02 Å². The van der Waals surface area contributed by atoms with E-state index in [0.29, 0.717) is 17.4 Å². The molecule has 4 heteroatoms. The van der Waals surface area contributed by atoms with Gasteiger partial charge in [0.1, 0.15) is 5.75 Å². The van der Waals surface area contributed by atoms with Gasteiger partial charge in [0, 0.05) is 10.6 Å². The van der Waals surface area contributed by atoms with Crippen LogP contribution >= 0.6 is 11.6 Å². The summed E-state index contributed by atoms with van der Waals surface area (Å²) < 4.78 is 11.3. The van der Waals surface area contributed by atoms with E-state index in [2.05, 4.69) is 39.8 Å². The van der Waals surface area contributed by atoms with Crippen molar-refractivity contribution < 1.29 is 14.3 Å². The molecule has 0 fully saturated rings. The van der Waals surface area contributed by atoms with Gasteiger partial charge < -0.3 is 9.47 Å². The number of hydrogen-bond donors (Lipinski definition) is 0. The van der Waals surface area contributed by atoms with E-state index < -0.39 is 6.10 Å². The summed E-state index contributed by atoms with van der Waals surface area (Å²) in [6.07, 6.45) is 1.44. The van der Waals surface area contributed by atoms with Gasteiger partial charge in [0.05, 0.1) is 6.61 Å². The lowest BCUT2D eigenvalue weighted by atomic mass is 9.63. The molecule has 0 spiro atoms. The van der Waals surface area contributed by atoms with Gasteiger partial charge in [-0.05, 0) is 66.0 Å². The lowest BCUT2D eigenvalue weighted by molar-refractivity contribution is -0.151. The van der Waals surface area contributed by atoms with Crippen molar-refractivity contribution in [2.75, 3.05) is 6.61 Å². The first kappa shape index (κ1) is 20.7. The molecule has 0 radical (unpaired) electrons. The van der Waals surface area contributed by atoms with E-state index in [1.807, 2.05) is 6.07 Å². The van der Waals surface area contributed by atoms with Crippen molar-refractivity contribution in [3.05, 3.63) is 64.2 Å². The molecule has 0 aliphatic heterocycles. The van der Waals surface area contributed by atoms with E-state index in [9.17, 15) is 4.79 Å². The maximum Gasteiger partial charge on any atom is 0.352 e. The number of esters is 1. The number of carbonyl (C=O) groups excluding carboxylic acids is 1. The van der Waals surface area contributed by atoms with Gasteiger partial charge in [-0.3, -0.25) is 0 Å². The Hall–Kier alpha value is -2.00. The first-order valence-electron chi connectivity index (χ1n) is 9.88. The quantitative estimate of drug-likeness (QED) is 0.547. The second-order valence-corrected chi connectivity index (χ2v) is 9.21. The highest BCUT2D eigenvalue weighted by molar-refractivity contribution is 6.30. The number of benzene rings is 2. The smallest absolute Gasteiger partial charge is 0.352 e. The first-order chi connectivity index (χ1) is 13.1. The van der Waals surface area contributed by atoms with Gasteiger partial charge in [0.25, 0.3) is 0 Å². The predicted molar refractivity (Wildman–Crippen MR) is 113 cm³/mol. The van der Waals surface area contributed by atoms with Crippen molar-refractivity contribution in [1.82, 2.24) is 0 Å². The summed E-state index contributed by atoms with van der Waals surface area (Å²) in [5, 5.41) is 0.623. The third-order valence-corrected chi connectivity index (χ3v) is 6.00. The van der Waals surface area contributed by atoms with Crippen LogP contribution in [0.25, 0.3) is 0 Å². The van der Waals surface area contributed by atoms with Crippen molar-refractivity contribution in [2.45, 2.75) is 64.4 Å². The maximum atomic E-state index is 12.7. The van der Waals surface area contributed by atoms with Crippen LogP contribution in [0.3, 0.4) is 0 Å². The molecule has 3 rings (SSSR count). The Labute approximate surface area is 173 Å². The first-order valence-corrected chi connectivity index (χ1v) is 10.3. The fourth-order valence-electron chi connectivity index (χ4n) is 3.89. The van der Waals surface area contributed by atoms with E-state index in [1.165, 1.54) is 11.1 Å². The van der Waals surface area contributed by atoms with Crippen LogP contribution in [0.1, 0.15) is 70.3 Å². The maximum absolute atomic E-state index is 12.7. The summed E-state index contributed by atoms with van der Waals surface area (Å²) in [4.78, 5) is 12.7. The van der Waals surface area contributed by atoms with Gasteiger partial charge in [-0.2, -0.15) is 0 Å². The highest BCUT2D eigenvalue weighted by atomic mass is 35.5. The molecule has 0 aromatic heterocycles. The van der Waals surface area contributed by atoms with Crippen molar-refractivity contribution in [3.8, 4) is 5.75 Å². The van der Waals surface area contributed by atoms with Gasteiger partial charge in [0.15, 0.2) is 0 Å². The van der Waals surface area contributed by atoms with Crippen LogP contribution in [0.5, 0.6) is 5.75 Å². The number of fused-ring (bicyclic) bond motifs is 1. The topological polar surface area (TPSA) is 35.5 Å². The molecule has 0 saturated heterocycles. The molecule has 2 aromatic carbocycles. The van der Waals surface area contributed by atoms with Crippen LogP contribution in [0.15, 0.2) is 42.5 Å². The average molecular weight is 401 g/mol. The Morgan fingerprint density at radius 1 is 1.00 bits per heavy atom. The summed E-state index contributed by atoms with van der Waals surface area (Å²) in [7, 11) is 0. The second-order valence-electron chi connectivity index (χ2n) is 8.78. The zero-order valence-corrected chi connectivity index (χ0v) is 18.1. The molecule has 3 nitrogen and oxygen atoms in total. The number of hydrogen-bond acceptors (Lipinski definition) is 3. The molecule has 1 aliphatic carbocycles. The molecule has 0 heterocycles. The zero-order chi connectivity index (χ0) is 20.5. The molecule has 1 aliphatic rings. The molecule has 2 aromatic rings. The second kappa shape index (κ2) is 7.79. The van der Waals surface area contributed by atoms with Crippen molar-refractivity contribution in [2.24, 2.45) is 0 Å². The normalized spacial score (nSPS) is 18.1. The molecule has 1 unspecified atom stereocenters. The number of rotatable bonds is 5. The minimum atomic E-state index is -0.813. The molecular formula is C24H29ClO3. The van der Waals surface area contributed by atoms with E-state index in [4.69, 9.17) is 21.1 Å². The molecule has 0 N–H and O–H groups in total. The zero-order valence-electron chi connectivity index (χ0n) is 17.3. The number of halogens is 1. The largest absolute Gasteiger partial charge is 0.474 e. The summed E-state index contributed by atoms with van der Waals surface area (Å²) in [6.45, 7) is 11.2. The fraction of sp³-hybridized carbons (Fsp3) is 0.458. The third-order valence-electron chi connectivity index (χ3n) is 5.75. The molecule has 0 saturated carbocycles. The fourth-order valence-corrected chi connectivity index (χ4v) is 4.01. The van der Waals surface area contributed by atoms with Crippen molar-refractivity contribution in [1.29, 1.82) is 0 Å². The van der Waals surface area contributed by atoms with E-state index in [1.54, 1.807) is 31.2 Å². The van der Waals surface area contributed by atoms with Gasteiger partial charge >= 0.3 is 5.97 Å². The minimum Gasteiger partial charge on any atom is -0.474 e. The number of carbonyl (C=O) groups is 1. The van der Waals surface area contributed by atoms with E-state index >= 15 is 0 Å². The molecular weight excluding hydrogens is 372 g/mol. The standard InChI is InChI=1S/C24H29ClO3/c1-6-27-22(26)21(28-18-10-8-17(25)9-11-18)16-7-12-19-20(15-16)24(4,5)14-13-23(19,2)3/h7-12,15,21H,6,13-14H2,1-5H3. The van der Waals surface area contributed by atoms with Crippen LogP contribution in [-0.4, -0.2) is 12.6 Å². The average Bonchev–Trinajstić information content (AvgIpc) is 2.65. The monoisotopic (exact) mass is 400 g/mol. The van der Waals surface area contributed by atoms with E-state index in [-0.39, 0.29) is 16.8 Å². The number of ether oxygens (including phenoxy) is 2. The molecule has 150 valence electrons. The Morgan fingerprint density at radius 3 is 2.21 bits per heavy atom. The molecule has 1 atom stereocenters. The van der Waals surface area contributed by atoms with Gasteiger partial charge in [-0.25, -0.2) is 4.79 Å². The van der Waals surface area contributed by atoms with Crippen LogP contribution < -0.4 is 4.74 Å². The van der Waals surface area contributed by atoms with Gasteiger partial charge in [0.2, 0.25) is 6.10 Å². The predicted octanol–water partition coefficient (Wildman–Crippen LogP) is 6.37. The Kier molecular flexibility index (Phi) is 5.77. The van der Waals surface area contributed by atoms with Gasteiger partial charge in [-0.1, -0.05) is 57.5 Å². The van der Waals surface area contributed by atoms with Crippen LogP contribution in [0, 0.1) is 0 Å². The Morgan fingerprint density at radius 2 is 1.61 bits per heavy atom. The van der Waals surface area contributed by atoms with E-state index in [0.717, 1.165) is 18.4 Å². The SMILES string of the molecule is CCOC(=O)C(Oc1ccc(Cl)cc1)c1ccc2c(c1)C(C)(C)CCC2(C)C. The Balaban J connectivity index is 2.02. The van der Waals surface area contributed by atoms with Crippen LogP contribution in [-0.2, 0) is 20.4 Å². The summed E-state index contributed by atoms with van der Waals surface area (Å²) in [6, 6.07) is 13.3. The summed E-state index contributed by atoms with van der Waals surface area (Å²) in [5.41, 5.74) is 3.63. The third kappa shape index (κ3) is 4.20. The highest BCUT2D eigenvalue weighted by Crippen LogP contribution is 2.46. The van der Waals surface area contributed by atoms with Crippen LogP contribution in [0.4, 0.5) is 0 Å². The molecule has 28 heavy (non-hydrogen) atoms. The minimum absolute atomic E-state index is 0.0559. The Bertz CT molecular complexity index is 853. The molecule has 0 bridgehead atoms. The highest BCUT2D eigenvalue weighted by Gasteiger charge is 2.38. The summed E-state index contributed by atoms with van der Waals surface area (Å²) in [5.74, 6) is 0.199. The molecule has 0 amide bonds. The van der Waals surface area contributed by atoms with Crippen molar-refractivity contribution in [3.63, 3.8) is 0 Å². The lowest BCUT2D eigenvalue weighted by Crippen LogP contribution is -2.34. The summed E-state index contributed by atoms with van der Waals surface area (Å²) >= 11 is 5.97. The van der Waals surface area contributed by atoms with Gasteiger partial charge in [-0.15, -0.1) is 0 Å². The van der Waals surface area contributed by atoms with Crippen molar-refractivity contribution >= 4 is 17.6 Å². The lowest BCUT2D eigenvalue weighted by Gasteiger charge is -2.42.